The molecule has 0 aromatic heterocycles. The Labute approximate surface area is 81.8 Å². The number of rotatable bonds is 1. The van der Waals surface area contributed by atoms with Crippen LogP contribution >= 0.6 is 25.4 Å². The zero-order chi connectivity index (χ0) is 5.86. The van der Waals surface area contributed by atoms with Gasteiger partial charge in [-0.1, -0.05) is 12.6 Å². The Morgan fingerprint density at radius 1 is 1.88 bits per heavy atom. The van der Waals surface area contributed by atoms with Gasteiger partial charge >= 0.3 is 34.8 Å². The molecule has 8 heavy (non-hydrogen) atoms. The summed E-state index contributed by atoms with van der Waals surface area (Å²) in [4.78, 5) is 9.95. The molecular weight excluding hydrogens is 157 g/mol. The van der Waals surface area contributed by atoms with Gasteiger partial charge in [-0.05, 0) is 12.8 Å². The van der Waals surface area contributed by atoms with E-state index in [-0.39, 0.29) is 31.0 Å². The van der Waals surface area contributed by atoms with E-state index in [0.717, 1.165) is 4.41 Å². The molecule has 0 spiro atoms. The van der Waals surface area contributed by atoms with E-state index in [2.05, 4.69) is 25.4 Å². The van der Waals surface area contributed by atoms with Crippen molar-refractivity contribution in [1.82, 2.24) is 9.95 Å². The van der Waals surface area contributed by atoms with E-state index in [4.69, 9.17) is 5.84 Å². The van der Waals surface area contributed by atoms with Gasteiger partial charge in [-0.25, -0.2) is 0 Å². The van der Waals surface area contributed by atoms with Crippen LogP contribution in [0.1, 0.15) is 1.43 Å². The van der Waals surface area contributed by atoms with Crippen LogP contribution < -0.4 is 40.9 Å². The number of hydrogen-bond donors (Lipinski definition) is 4. The number of carbonyl (C=O) groups is 1. The summed E-state index contributed by atoms with van der Waals surface area (Å²) in [7, 11) is 0. The molecule has 7 heteroatoms. The van der Waals surface area contributed by atoms with E-state index in [1.807, 2.05) is 5.53 Å². The van der Waals surface area contributed by atoms with E-state index >= 15 is 0 Å². The van der Waals surface area contributed by atoms with Crippen molar-refractivity contribution in [2.24, 2.45) is 5.84 Å². The average Bonchev–Trinajstić information content (AvgIpc) is 1.65. The van der Waals surface area contributed by atoms with E-state index in [1.165, 1.54) is 0 Å². The monoisotopic (exact) mass is 163 g/mol. The Morgan fingerprint density at radius 2 is 2.25 bits per heavy atom. The van der Waals surface area contributed by atoms with Crippen molar-refractivity contribution in [2.45, 2.75) is 0 Å². The Balaban J connectivity index is -0.000000180. The molecule has 0 atom stereocenters. The third kappa shape index (κ3) is 5.23. The SMILES string of the molecule is NNN(S)C(=O)S.[H-].[Na+]. The summed E-state index contributed by atoms with van der Waals surface area (Å²) in [6.45, 7) is 0. The predicted molar refractivity (Wildman–Crippen MR) is 33.6 cm³/mol. The minimum Gasteiger partial charge on any atom is -1.00 e. The van der Waals surface area contributed by atoms with E-state index in [0.29, 0.717) is 0 Å². The molecule has 3 N–H and O–H groups in total. The topological polar surface area (TPSA) is 58.4 Å². The summed E-state index contributed by atoms with van der Waals surface area (Å²) in [5.41, 5.74) is 1.94. The molecule has 4 nitrogen and oxygen atoms in total. The maximum atomic E-state index is 9.95. The number of thiol groups is 2. The van der Waals surface area contributed by atoms with E-state index < -0.39 is 5.24 Å². The summed E-state index contributed by atoms with van der Waals surface area (Å²) in [6, 6.07) is 0. The summed E-state index contributed by atoms with van der Waals surface area (Å²) in [6.07, 6.45) is 0. The number of carbonyl (C=O) groups excluding carboxylic acids is 1. The van der Waals surface area contributed by atoms with Crippen molar-refractivity contribution in [1.29, 1.82) is 0 Å². The fraction of sp³-hybridized carbons (Fsp3) is 0. The van der Waals surface area contributed by atoms with E-state index in [1.54, 1.807) is 0 Å². The zero-order valence-electron chi connectivity index (χ0n) is 5.33. The quantitative estimate of drug-likeness (QED) is 0.142. The summed E-state index contributed by atoms with van der Waals surface area (Å²) >= 11 is 6.84. The van der Waals surface area contributed by atoms with Crippen molar-refractivity contribution in [3.8, 4) is 0 Å². The molecule has 0 unspecified atom stereocenters. The molecule has 0 aliphatic heterocycles. The zero-order valence-corrected chi connectivity index (χ0v) is 8.12. The average molecular weight is 163 g/mol. The summed E-state index contributed by atoms with van der Waals surface area (Å²) in [5.74, 6) is 4.70. The van der Waals surface area contributed by atoms with Crippen LogP contribution in [0.25, 0.3) is 0 Å². The van der Waals surface area contributed by atoms with Crippen LogP contribution in [-0.2, 0) is 0 Å². The minimum absolute atomic E-state index is 0. The molecule has 0 bridgehead atoms. The van der Waals surface area contributed by atoms with Gasteiger partial charge in [0.1, 0.15) is 0 Å². The molecule has 0 aliphatic carbocycles. The molecule has 0 fully saturated rings. The molecule has 0 saturated heterocycles. The number of nitrogens with one attached hydrogen (secondary N) is 1. The van der Waals surface area contributed by atoms with Crippen LogP contribution in [-0.4, -0.2) is 9.65 Å². The van der Waals surface area contributed by atoms with Crippen LogP contribution in [0.3, 0.4) is 0 Å². The Hall–Kier alpha value is 1.09. The molecule has 0 aromatic rings. The largest absolute Gasteiger partial charge is 1.00 e. The van der Waals surface area contributed by atoms with Crippen LogP contribution in [0.2, 0.25) is 0 Å². The van der Waals surface area contributed by atoms with E-state index in [9.17, 15) is 4.79 Å². The second-order valence-corrected chi connectivity index (χ2v) is 1.51. The van der Waals surface area contributed by atoms with Gasteiger partial charge in [-0.2, -0.15) is 9.95 Å². The van der Waals surface area contributed by atoms with Crippen molar-refractivity contribution in [3.63, 3.8) is 0 Å². The molecule has 0 saturated carbocycles. The third-order valence-electron chi connectivity index (χ3n) is 0.303. The molecule has 0 heterocycles. The number of hydrazine groups is 2. The normalized spacial score (nSPS) is 7.38. The first kappa shape index (κ1) is 11.8. The smallest absolute Gasteiger partial charge is 1.00 e. The van der Waals surface area contributed by atoms with Gasteiger partial charge < -0.3 is 1.43 Å². The first-order valence-electron chi connectivity index (χ1n) is 1.36. The molecule has 0 rings (SSSR count). The fourth-order valence-electron chi connectivity index (χ4n) is 0.0552. The van der Waals surface area contributed by atoms with Gasteiger partial charge in [0.25, 0.3) is 0 Å². The molecular formula is CH6N3NaOS2. The molecule has 0 aliphatic rings. The fourth-order valence-corrected chi connectivity index (χ4v) is 0.113. The van der Waals surface area contributed by atoms with Gasteiger partial charge in [0.2, 0.25) is 0 Å². The van der Waals surface area contributed by atoms with Crippen LogP contribution in [0.5, 0.6) is 0 Å². The molecule has 0 aromatic carbocycles. The van der Waals surface area contributed by atoms with Crippen molar-refractivity contribution in [2.75, 3.05) is 0 Å². The van der Waals surface area contributed by atoms with Gasteiger partial charge in [0.05, 0.1) is 0 Å². The summed E-state index contributed by atoms with van der Waals surface area (Å²) < 4.78 is 0.739. The van der Waals surface area contributed by atoms with Gasteiger partial charge in [0.15, 0.2) is 0 Å². The maximum Gasteiger partial charge on any atom is 1.00 e. The maximum absolute atomic E-state index is 9.95. The van der Waals surface area contributed by atoms with Crippen LogP contribution in [0.4, 0.5) is 4.79 Å². The van der Waals surface area contributed by atoms with Crippen molar-refractivity contribution < 1.29 is 35.8 Å². The number of amides is 1. The van der Waals surface area contributed by atoms with Crippen molar-refractivity contribution >= 4 is 30.7 Å². The Kier molecular flexibility index (Phi) is 9.19. The second kappa shape index (κ2) is 6.21. The first-order valence-corrected chi connectivity index (χ1v) is 2.21. The second-order valence-electron chi connectivity index (χ2n) is 0.723. The molecule has 44 valence electrons. The number of nitrogens with zero attached hydrogens (tertiary/aromatic N) is 1. The molecule has 1 amide bonds. The number of nitrogens with two attached hydrogens (primary N) is 1. The predicted octanol–water partition coefficient (Wildman–Crippen LogP) is -3.32. The van der Waals surface area contributed by atoms with Crippen molar-refractivity contribution in [3.05, 3.63) is 0 Å². The van der Waals surface area contributed by atoms with Crippen LogP contribution in [0.15, 0.2) is 0 Å². The minimum atomic E-state index is -0.550. The van der Waals surface area contributed by atoms with Gasteiger partial charge in [-0.15, -0.1) is 0 Å². The van der Waals surface area contributed by atoms with Crippen LogP contribution in [0, 0.1) is 0 Å². The summed E-state index contributed by atoms with van der Waals surface area (Å²) in [5, 5.41) is -0.550. The first-order chi connectivity index (χ1) is 3.18. The molecule has 0 radical (unpaired) electrons. The number of hydrogen-bond acceptors (Lipinski definition) is 4. The third-order valence-corrected chi connectivity index (χ3v) is 0.958. The Bertz CT molecular complexity index is 84.2. The Morgan fingerprint density at radius 3 is 2.25 bits per heavy atom. The van der Waals surface area contributed by atoms with Gasteiger partial charge in [0, 0.05) is 0 Å². The van der Waals surface area contributed by atoms with Gasteiger partial charge in [-0.3, -0.25) is 10.6 Å². The standard InChI is InChI=1S/CH5N3OS2.Na.H/c2-3-4(7)1(5)6;;/h3,7H,2H2,(H,5,6);;/q;+1;-1.